The van der Waals surface area contributed by atoms with Crippen molar-refractivity contribution in [2.45, 2.75) is 13.8 Å². The van der Waals surface area contributed by atoms with Crippen molar-refractivity contribution in [2.24, 2.45) is 0 Å². The average molecular weight is 743 g/mol. The maximum Gasteiger partial charge on any atom is 0.160 e. The lowest BCUT2D eigenvalue weighted by atomic mass is 9.95. The van der Waals surface area contributed by atoms with Crippen molar-refractivity contribution in [3.63, 3.8) is 0 Å². The zero-order valence-corrected chi connectivity index (χ0v) is 32.3. The molecule has 0 bridgehead atoms. The Morgan fingerprint density at radius 3 is 1.45 bits per heavy atom. The van der Waals surface area contributed by atoms with Gasteiger partial charge < -0.3 is 9.13 Å². The number of hydrogen-bond acceptors (Lipinski definition) is 2. The molecule has 0 saturated carbocycles. The van der Waals surface area contributed by atoms with E-state index in [2.05, 4.69) is 193 Å². The molecule has 0 atom stereocenters. The van der Waals surface area contributed by atoms with Crippen LogP contribution in [0.3, 0.4) is 0 Å². The van der Waals surface area contributed by atoms with Crippen molar-refractivity contribution in [3.8, 4) is 56.4 Å². The minimum atomic E-state index is 0.719. The first-order valence-corrected chi connectivity index (χ1v) is 19.8. The smallest absolute Gasteiger partial charge is 0.160 e. The van der Waals surface area contributed by atoms with Crippen molar-refractivity contribution in [1.82, 2.24) is 19.1 Å². The molecule has 11 rings (SSSR count). The number of aryl methyl sites for hydroxylation is 2. The fraction of sp³-hybridized carbons (Fsp3) is 0.0370. The Morgan fingerprint density at radius 2 is 0.828 bits per heavy atom. The maximum atomic E-state index is 5.05. The molecule has 0 fully saturated rings. The van der Waals surface area contributed by atoms with Crippen LogP contribution in [0.2, 0.25) is 0 Å². The van der Waals surface area contributed by atoms with Gasteiger partial charge in [-0.25, -0.2) is 9.97 Å². The van der Waals surface area contributed by atoms with E-state index in [0.717, 1.165) is 39.6 Å². The molecule has 0 aliphatic carbocycles. The maximum absolute atomic E-state index is 5.05. The van der Waals surface area contributed by atoms with Gasteiger partial charge in [-0.15, -0.1) is 0 Å². The van der Waals surface area contributed by atoms with Gasteiger partial charge in [-0.3, -0.25) is 0 Å². The SMILES string of the molecule is Cc1cc(-n2c3ccccc3c3cc(-n4c5ccccc5c5ccccc54)ccc32)c(C)cc1-c1ccc(-c2cc(-c3ccccc3)nc(-c3ccccc3)n2)cc1. The van der Waals surface area contributed by atoms with Gasteiger partial charge in [-0.1, -0.05) is 140 Å². The molecule has 0 N–H and O–H groups in total. The summed E-state index contributed by atoms with van der Waals surface area (Å²) in [6.07, 6.45) is 0. The van der Waals surface area contributed by atoms with Crippen LogP contribution >= 0.6 is 0 Å². The summed E-state index contributed by atoms with van der Waals surface area (Å²) < 4.78 is 4.85. The van der Waals surface area contributed by atoms with Gasteiger partial charge >= 0.3 is 0 Å². The molecule has 0 radical (unpaired) electrons. The topological polar surface area (TPSA) is 35.6 Å². The monoisotopic (exact) mass is 742 g/mol. The molecule has 0 unspecified atom stereocenters. The first-order chi connectivity index (χ1) is 28.6. The number of aromatic nitrogens is 4. The van der Waals surface area contributed by atoms with E-state index in [4.69, 9.17) is 9.97 Å². The van der Waals surface area contributed by atoms with Crippen LogP contribution in [0, 0.1) is 13.8 Å². The fourth-order valence-electron chi connectivity index (χ4n) is 8.80. The average Bonchev–Trinajstić information content (AvgIpc) is 3.80. The lowest BCUT2D eigenvalue weighted by molar-refractivity contribution is 1.14. The lowest BCUT2D eigenvalue weighted by Gasteiger charge is -2.16. The van der Waals surface area contributed by atoms with Gasteiger partial charge in [0, 0.05) is 49.6 Å². The van der Waals surface area contributed by atoms with Crippen LogP contribution in [-0.2, 0) is 0 Å². The van der Waals surface area contributed by atoms with Crippen LogP contribution in [-0.4, -0.2) is 19.1 Å². The summed E-state index contributed by atoms with van der Waals surface area (Å²) in [5, 5.41) is 5.02. The summed E-state index contributed by atoms with van der Waals surface area (Å²) >= 11 is 0. The highest BCUT2D eigenvalue weighted by atomic mass is 15.0. The molecule has 4 nitrogen and oxygen atoms in total. The van der Waals surface area contributed by atoms with Gasteiger partial charge in [0.05, 0.1) is 33.5 Å². The number of nitrogens with zero attached hydrogens (tertiary/aromatic N) is 4. The van der Waals surface area contributed by atoms with Gasteiger partial charge in [0.1, 0.15) is 0 Å². The molecule has 8 aromatic carbocycles. The second-order valence-corrected chi connectivity index (χ2v) is 15.1. The molecule has 4 heteroatoms. The molecule has 274 valence electrons. The van der Waals surface area contributed by atoms with Crippen LogP contribution in [0.4, 0.5) is 0 Å². The van der Waals surface area contributed by atoms with Crippen molar-refractivity contribution >= 4 is 43.6 Å². The summed E-state index contributed by atoms with van der Waals surface area (Å²) in [6.45, 7) is 4.46. The minimum Gasteiger partial charge on any atom is -0.309 e. The van der Waals surface area contributed by atoms with E-state index in [9.17, 15) is 0 Å². The molecule has 3 aromatic heterocycles. The van der Waals surface area contributed by atoms with Crippen LogP contribution in [0.1, 0.15) is 11.1 Å². The largest absolute Gasteiger partial charge is 0.309 e. The predicted molar refractivity (Wildman–Crippen MR) is 242 cm³/mol. The normalized spacial score (nSPS) is 11.6. The van der Waals surface area contributed by atoms with Crippen molar-refractivity contribution in [2.75, 3.05) is 0 Å². The zero-order valence-electron chi connectivity index (χ0n) is 32.3. The number of fused-ring (bicyclic) bond motifs is 6. The van der Waals surface area contributed by atoms with Gasteiger partial charge in [0.25, 0.3) is 0 Å². The van der Waals surface area contributed by atoms with Crippen LogP contribution < -0.4 is 0 Å². The predicted octanol–water partition coefficient (Wildman–Crippen LogP) is 14.0. The Morgan fingerprint density at radius 1 is 0.345 bits per heavy atom. The summed E-state index contributed by atoms with van der Waals surface area (Å²) in [5.41, 5.74) is 16.9. The van der Waals surface area contributed by atoms with E-state index in [1.807, 2.05) is 24.3 Å². The lowest BCUT2D eigenvalue weighted by Crippen LogP contribution is -2.00. The molecule has 0 aliphatic heterocycles. The number of rotatable bonds is 6. The molecule has 11 aromatic rings. The zero-order chi connectivity index (χ0) is 38.7. The standard InChI is InChI=1S/C54H38N4/c1-35-32-53(58-51-24-14-11-21-44(51)46-33-41(29-30-52(46)58)57-49-22-12-9-19-42(49)43-20-10-13-23-50(43)57)36(2)31-45(35)37-25-27-39(28-26-37)48-34-47(38-15-5-3-6-16-38)55-54(56-48)40-17-7-4-8-18-40/h3-34H,1-2H3. The summed E-state index contributed by atoms with van der Waals surface area (Å²) in [5.74, 6) is 0.719. The Bertz CT molecular complexity index is 3230. The molecule has 3 heterocycles. The molecular weight excluding hydrogens is 705 g/mol. The molecule has 0 spiro atoms. The Labute approximate surface area is 337 Å². The highest BCUT2D eigenvalue weighted by Gasteiger charge is 2.18. The van der Waals surface area contributed by atoms with Crippen molar-refractivity contribution in [1.29, 1.82) is 0 Å². The minimum absolute atomic E-state index is 0.719. The van der Waals surface area contributed by atoms with E-state index < -0.39 is 0 Å². The van der Waals surface area contributed by atoms with E-state index in [-0.39, 0.29) is 0 Å². The first-order valence-electron chi connectivity index (χ1n) is 19.8. The van der Waals surface area contributed by atoms with Gasteiger partial charge in [0.15, 0.2) is 5.82 Å². The van der Waals surface area contributed by atoms with Crippen LogP contribution in [0.5, 0.6) is 0 Å². The molecule has 0 saturated heterocycles. The molecule has 0 amide bonds. The fourth-order valence-corrected chi connectivity index (χ4v) is 8.80. The highest BCUT2D eigenvalue weighted by Crippen LogP contribution is 2.39. The molecule has 58 heavy (non-hydrogen) atoms. The van der Waals surface area contributed by atoms with E-state index >= 15 is 0 Å². The Kier molecular flexibility index (Phi) is 7.90. The number of hydrogen-bond donors (Lipinski definition) is 0. The van der Waals surface area contributed by atoms with E-state index in [1.165, 1.54) is 71.6 Å². The summed E-state index contributed by atoms with van der Waals surface area (Å²) in [4.78, 5) is 10.0. The number of benzene rings is 8. The van der Waals surface area contributed by atoms with Crippen molar-refractivity contribution < 1.29 is 0 Å². The summed E-state index contributed by atoms with van der Waals surface area (Å²) in [7, 11) is 0. The third-order valence-corrected chi connectivity index (χ3v) is 11.6. The van der Waals surface area contributed by atoms with Crippen LogP contribution in [0.15, 0.2) is 194 Å². The Hall–Kier alpha value is -7.56. The third kappa shape index (κ3) is 5.53. The van der Waals surface area contributed by atoms with E-state index in [1.54, 1.807) is 0 Å². The van der Waals surface area contributed by atoms with Gasteiger partial charge in [-0.05, 0) is 90.7 Å². The summed E-state index contributed by atoms with van der Waals surface area (Å²) in [6, 6.07) is 69.3. The number of para-hydroxylation sites is 3. The molecular formula is C54H38N4. The van der Waals surface area contributed by atoms with Gasteiger partial charge in [-0.2, -0.15) is 0 Å². The molecule has 0 aliphatic rings. The van der Waals surface area contributed by atoms with E-state index in [0.29, 0.717) is 0 Å². The third-order valence-electron chi connectivity index (χ3n) is 11.6. The second-order valence-electron chi connectivity index (χ2n) is 15.1. The van der Waals surface area contributed by atoms with Gasteiger partial charge in [0.2, 0.25) is 0 Å². The highest BCUT2D eigenvalue weighted by molar-refractivity contribution is 6.12. The van der Waals surface area contributed by atoms with Crippen molar-refractivity contribution in [3.05, 3.63) is 205 Å². The Balaban J connectivity index is 0.989. The van der Waals surface area contributed by atoms with Crippen LogP contribution in [0.25, 0.3) is 100 Å². The second kappa shape index (κ2) is 13.6. The quantitative estimate of drug-likeness (QED) is 0.170. The first kappa shape index (κ1) is 33.8.